The van der Waals surface area contributed by atoms with Crippen LogP contribution < -0.4 is 0 Å². The topological polar surface area (TPSA) is 49.8 Å². The zero-order valence-corrected chi connectivity index (χ0v) is 14.8. The number of fused-ring (bicyclic) bond motifs is 2. The van der Waals surface area contributed by atoms with Gasteiger partial charge in [-0.2, -0.15) is 0 Å². The summed E-state index contributed by atoms with van der Waals surface area (Å²) in [4.78, 5) is 15.4. The highest BCUT2D eigenvalue weighted by atomic mass is 16.6. The van der Waals surface area contributed by atoms with Gasteiger partial charge in [-0.05, 0) is 18.2 Å². The first-order valence-electron chi connectivity index (χ1n) is 9.04. The quantitative estimate of drug-likeness (QED) is 0.681. The van der Waals surface area contributed by atoms with Crippen molar-refractivity contribution in [3.05, 3.63) is 83.9 Å². The molecule has 2 bridgehead atoms. The number of aliphatic hydroxyl groups is 1. The lowest BCUT2D eigenvalue weighted by Crippen LogP contribution is -2.47. The van der Waals surface area contributed by atoms with Gasteiger partial charge >= 0.3 is 5.97 Å². The van der Waals surface area contributed by atoms with Crippen molar-refractivity contribution in [1.82, 2.24) is 4.90 Å². The van der Waals surface area contributed by atoms with E-state index in [1.165, 1.54) is 0 Å². The molecule has 0 aliphatic carbocycles. The fourth-order valence-electron chi connectivity index (χ4n) is 3.99. The predicted octanol–water partition coefficient (Wildman–Crippen LogP) is 2.87. The molecule has 26 heavy (non-hydrogen) atoms. The molecule has 1 saturated heterocycles. The number of piperidine rings is 1. The highest BCUT2D eigenvalue weighted by Gasteiger charge is 2.44. The van der Waals surface area contributed by atoms with Gasteiger partial charge in [-0.25, -0.2) is 4.79 Å². The van der Waals surface area contributed by atoms with Gasteiger partial charge in [0, 0.05) is 24.9 Å². The Kier molecular flexibility index (Phi) is 4.39. The number of rotatable bonds is 4. The molecule has 0 unspecified atom stereocenters. The van der Waals surface area contributed by atoms with E-state index in [0.29, 0.717) is 23.2 Å². The van der Waals surface area contributed by atoms with Gasteiger partial charge in [0.25, 0.3) is 0 Å². The number of likely N-dealkylation sites (N-methyl/N-ethyl adjacent to an activating group) is 1. The number of benzene rings is 2. The van der Waals surface area contributed by atoms with Crippen molar-refractivity contribution in [2.24, 2.45) is 0 Å². The summed E-state index contributed by atoms with van der Waals surface area (Å²) in [5.41, 5.74) is -0.770. The van der Waals surface area contributed by atoms with Crippen LogP contribution in [0, 0.1) is 0 Å². The zero-order chi connectivity index (χ0) is 18.1. The molecule has 134 valence electrons. The van der Waals surface area contributed by atoms with E-state index in [0.717, 1.165) is 12.8 Å². The second-order valence-electron chi connectivity index (χ2n) is 7.13. The van der Waals surface area contributed by atoms with Crippen molar-refractivity contribution in [1.29, 1.82) is 0 Å². The van der Waals surface area contributed by atoms with E-state index in [1.54, 1.807) is 24.3 Å². The Morgan fingerprint density at radius 3 is 1.88 bits per heavy atom. The second-order valence-corrected chi connectivity index (χ2v) is 7.13. The molecule has 0 saturated carbocycles. The largest absolute Gasteiger partial charge is 0.460 e. The van der Waals surface area contributed by atoms with Crippen LogP contribution in [0.25, 0.3) is 0 Å². The van der Waals surface area contributed by atoms with E-state index in [9.17, 15) is 9.90 Å². The van der Waals surface area contributed by atoms with E-state index in [1.807, 2.05) is 36.4 Å². The molecule has 1 N–H and O–H groups in total. The molecule has 0 spiro atoms. The number of carbonyl (C=O) groups is 1. The molecular weight excluding hydrogens is 326 g/mol. The number of nitrogens with zero attached hydrogens (tertiary/aromatic N) is 1. The van der Waals surface area contributed by atoms with E-state index < -0.39 is 11.6 Å². The average Bonchev–Trinajstić information content (AvgIpc) is 2.89. The zero-order valence-electron chi connectivity index (χ0n) is 14.8. The first kappa shape index (κ1) is 17.0. The number of hydrogen-bond donors (Lipinski definition) is 1. The number of hydrogen-bond acceptors (Lipinski definition) is 4. The van der Waals surface area contributed by atoms with Crippen molar-refractivity contribution in [2.75, 3.05) is 7.05 Å². The van der Waals surface area contributed by atoms with E-state index in [2.05, 4.69) is 24.1 Å². The molecule has 2 aliphatic heterocycles. The summed E-state index contributed by atoms with van der Waals surface area (Å²) in [6.45, 7) is 0. The molecular formula is C22H23NO3. The molecule has 2 heterocycles. The van der Waals surface area contributed by atoms with Crippen molar-refractivity contribution >= 4 is 5.97 Å². The molecule has 0 amide bonds. The molecule has 0 radical (unpaired) electrons. The molecule has 4 nitrogen and oxygen atoms in total. The molecule has 2 aromatic carbocycles. The number of esters is 1. The van der Waals surface area contributed by atoms with Gasteiger partial charge in [0.2, 0.25) is 5.60 Å². The lowest BCUT2D eigenvalue weighted by molar-refractivity contribution is -0.170. The predicted molar refractivity (Wildman–Crippen MR) is 99.5 cm³/mol. The smallest absolute Gasteiger partial charge is 0.347 e. The van der Waals surface area contributed by atoms with Gasteiger partial charge in [-0.15, -0.1) is 0 Å². The Hall–Kier alpha value is -2.43. The molecule has 4 heteroatoms. The van der Waals surface area contributed by atoms with E-state index in [4.69, 9.17) is 4.74 Å². The van der Waals surface area contributed by atoms with Crippen molar-refractivity contribution in [3.8, 4) is 0 Å². The summed E-state index contributed by atoms with van der Waals surface area (Å²) >= 11 is 0. The molecule has 4 rings (SSSR count). The highest BCUT2D eigenvalue weighted by molar-refractivity contribution is 5.85. The van der Waals surface area contributed by atoms with Crippen LogP contribution in [0.1, 0.15) is 24.0 Å². The third-order valence-corrected chi connectivity index (χ3v) is 5.56. The van der Waals surface area contributed by atoms with Crippen LogP contribution in [0.3, 0.4) is 0 Å². The first-order valence-corrected chi connectivity index (χ1v) is 9.04. The molecule has 3 atom stereocenters. The summed E-state index contributed by atoms with van der Waals surface area (Å²) in [7, 11) is 2.09. The summed E-state index contributed by atoms with van der Waals surface area (Å²) in [6, 6.07) is 18.6. The lowest BCUT2D eigenvalue weighted by Gasteiger charge is -2.37. The maximum absolute atomic E-state index is 13.1. The standard InChI is InChI=1S/C22H23NO3/c1-23-18-12-13-19(23)15-20(14-18)26-21(24)22(25,16-8-4-2-5-9-16)17-10-6-3-7-11-17/h2-13,18-20,25H,14-15H2,1H3/t18-,19+,20+. The molecule has 2 aromatic rings. The number of carbonyl (C=O) groups excluding carboxylic acids is 1. The van der Waals surface area contributed by atoms with Gasteiger partial charge in [0.15, 0.2) is 0 Å². The SMILES string of the molecule is CN1[C@@H]2C=C[C@H]1C[C@@H](OC(=O)C(O)(c1ccccc1)c1ccccc1)C2. The Labute approximate surface area is 153 Å². The average molecular weight is 349 g/mol. The van der Waals surface area contributed by atoms with Crippen LogP contribution in [-0.4, -0.2) is 41.2 Å². The minimum absolute atomic E-state index is 0.192. The lowest BCUT2D eigenvalue weighted by atomic mass is 9.86. The fourth-order valence-corrected chi connectivity index (χ4v) is 3.99. The molecule has 1 fully saturated rings. The second kappa shape index (κ2) is 6.71. The third-order valence-electron chi connectivity index (χ3n) is 5.56. The monoisotopic (exact) mass is 349 g/mol. The maximum atomic E-state index is 13.1. The minimum Gasteiger partial charge on any atom is -0.460 e. The van der Waals surface area contributed by atoms with Gasteiger partial charge in [0.1, 0.15) is 6.10 Å². The summed E-state index contributed by atoms with van der Waals surface area (Å²) < 4.78 is 5.84. The van der Waals surface area contributed by atoms with Crippen LogP contribution in [0.2, 0.25) is 0 Å². The highest BCUT2D eigenvalue weighted by Crippen LogP contribution is 2.35. The van der Waals surface area contributed by atoms with Crippen LogP contribution in [0.5, 0.6) is 0 Å². The Morgan fingerprint density at radius 2 is 1.42 bits per heavy atom. The number of ether oxygens (including phenoxy) is 1. The maximum Gasteiger partial charge on any atom is 0.347 e. The summed E-state index contributed by atoms with van der Waals surface area (Å²) in [6.07, 6.45) is 5.68. The molecule has 2 aliphatic rings. The van der Waals surface area contributed by atoms with Crippen LogP contribution in [0.15, 0.2) is 72.8 Å². The van der Waals surface area contributed by atoms with E-state index in [-0.39, 0.29) is 6.10 Å². The Bertz CT molecular complexity index is 747. The van der Waals surface area contributed by atoms with Crippen molar-refractivity contribution in [3.63, 3.8) is 0 Å². The van der Waals surface area contributed by atoms with Crippen molar-refractivity contribution in [2.45, 2.75) is 36.6 Å². The fraction of sp³-hybridized carbons (Fsp3) is 0.318. The summed E-state index contributed by atoms with van der Waals surface area (Å²) in [5.74, 6) is -0.608. The van der Waals surface area contributed by atoms with Crippen LogP contribution >= 0.6 is 0 Å². The summed E-state index contributed by atoms with van der Waals surface area (Å²) in [5, 5.41) is 11.5. The van der Waals surface area contributed by atoms with Gasteiger partial charge in [0.05, 0.1) is 0 Å². The van der Waals surface area contributed by atoms with Gasteiger partial charge in [-0.1, -0.05) is 72.8 Å². The minimum atomic E-state index is -1.81. The van der Waals surface area contributed by atoms with Crippen molar-refractivity contribution < 1.29 is 14.6 Å². The van der Waals surface area contributed by atoms with Gasteiger partial charge < -0.3 is 9.84 Å². The normalized spacial score (nSPS) is 25.2. The van der Waals surface area contributed by atoms with Gasteiger partial charge in [-0.3, -0.25) is 4.90 Å². The molecule has 0 aromatic heterocycles. The first-order chi connectivity index (χ1) is 12.6. The Balaban J connectivity index is 1.62. The van der Waals surface area contributed by atoms with Crippen LogP contribution in [-0.2, 0) is 15.1 Å². The Morgan fingerprint density at radius 1 is 0.962 bits per heavy atom. The van der Waals surface area contributed by atoms with Crippen LogP contribution in [0.4, 0.5) is 0 Å². The third kappa shape index (κ3) is 2.85. The van der Waals surface area contributed by atoms with E-state index >= 15 is 0 Å².